The molecule has 1 atom stereocenters. The fraction of sp³-hybridized carbons (Fsp3) is 0.548. The van der Waals surface area contributed by atoms with Crippen LogP contribution >= 0.6 is 0 Å². The molecule has 3 fully saturated rings. The summed E-state index contributed by atoms with van der Waals surface area (Å²) >= 11 is 0. The highest BCUT2D eigenvalue weighted by Crippen LogP contribution is 2.30. The maximum atomic E-state index is 12.4. The summed E-state index contributed by atoms with van der Waals surface area (Å²) in [5.41, 5.74) is 9.72. The van der Waals surface area contributed by atoms with E-state index in [4.69, 9.17) is 10.7 Å². The smallest absolute Gasteiger partial charge is 0.271 e. The molecule has 1 aromatic heterocycles. The number of aryl methyl sites for hydroxylation is 2. The number of aromatic nitrogens is 2. The molecule has 3 saturated heterocycles. The molecule has 0 radical (unpaired) electrons. The summed E-state index contributed by atoms with van der Waals surface area (Å²) < 4.78 is 0. The first-order valence-electron chi connectivity index (χ1n) is 15.2. The van der Waals surface area contributed by atoms with Gasteiger partial charge in [-0.25, -0.2) is 9.97 Å². The molecule has 4 heterocycles. The van der Waals surface area contributed by atoms with Gasteiger partial charge < -0.3 is 31.1 Å². The molecule has 226 valence electrons. The number of nitrogens with one attached hydrogen (secondary N) is 2. The number of likely N-dealkylation sites (tertiary alicyclic amines) is 1. The Labute approximate surface area is 249 Å². The van der Waals surface area contributed by atoms with Crippen LogP contribution in [0.5, 0.6) is 0 Å². The van der Waals surface area contributed by atoms with Gasteiger partial charge in [0.15, 0.2) is 17.3 Å². The molecule has 2 aromatic rings. The van der Waals surface area contributed by atoms with Crippen LogP contribution in [0, 0.1) is 6.92 Å². The third kappa shape index (κ3) is 6.68. The van der Waals surface area contributed by atoms with Gasteiger partial charge in [-0.15, -0.1) is 0 Å². The van der Waals surface area contributed by atoms with E-state index in [2.05, 4.69) is 63.0 Å². The maximum Gasteiger partial charge on any atom is 0.271 e. The molecule has 1 aromatic carbocycles. The SMILES string of the molecule is C=CC(=O)N1CC[C@H](Nc2nc(Nc3ccc(N4CCC(N5CCN(C)CC5)CC4)c(C)c3)c(C(N)=O)nc2CC)C1. The first kappa shape index (κ1) is 29.8. The van der Waals surface area contributed by atoms with Gasteiger partial charge >= 0.3 is 0 Å². The minimum atomic E-state index is -0.633. The van der Waals surface area contributed by atoms with E-state index in [0.717, 1.165) is 43.9 Å². The third-order valence-electron chi connectivity index (χ3n) is 8.87. The molecule has 42 heavy (non-hydrogen) atoms. The van der Waals surface area contributed by atoms with Crippen molar-refractivity contribution in [3.05, 3.63) is 47.8 Å². The number of amides is 2. The lowest BCUT2D eigenvalue weighted by atomic mass is 10.0. The van der Waals surface area contributed by atoms with Gasteiger partial charge in [-0.1, -0.05) is 13.5 Å². The average Bonchev–Trinajstić information content (AvgIpc) is 3.46. The van der Waals surface area contributed by atoms with Crippen molar-refractivity contribution in [2.24, 2.45) is 5.73 Å². The predicted molar refractivity (Wildman–Crippen MR) is 167 cm³/mol. The van der Waals surface area contributed by atoms with Gasteiger partial charge in [-0.3, -0.25) is 14.5 Å². The second kappa shape index (κ2) is 13.1. The molecular weight excluding hydrogens is 530 g/mol. The monoisotopic (exact) mass is 575 g/mol. The van der Waals surface area contributed by atoms with Crippen molar-refractivity contribution in [2.45, 2.75) is 51.6 Å². The van der Waals surface area contributed by atoms with Crippen LogP contribution in [-0.2, 0) is 11.2 Å². The summed E-state index contributed by atoms with van der Waals surface area (Å²) in [6.07, 6.45) is 5.07. The molecule has 11 heteroatoms. The van der Waals surface area contributed by atoms with E-state index in [0.29, 0.717) is 42.9 Å². The summed E-state index contributed by atoms with van der Waals surface area (Å²) in [6.45, 7) is 15.6. The normalized spacial score (nSPS) is 20.5. The molecule has 3 aliphatic rings. The van der Waals surface area contributed by atoms with Gasteiger partial charge in [0.05, 0.1) is 5.69 Å². The van der Waals surface area contributed by atoms with Crippen LogP contribution in [0.15, 0.2) is 30.9 Å². The fourth-order valence-electron chi connectivity index (χ4n) is 6.38. The van der Waals surface area contributed by atoms with E-state index in [1.165, 1.54) is 37.7 Å². The molecule has 0 spiro atoms. The molecule has 0 unspecified atom stereocenters. The van der Waals surface area contributed by atoms with Gasteiger partial charge in [0.1, 0.15) is 0 Å². The second-order valence-corrected chi connectivity index (χ2v) is 11.7. The number of hydrogen-bond donors (Lipinski definition) is 3. The number of likely N-dealkylation sites (N-methyl/N-ethyl adjacent to an activating group) is 1. The van der Waals surface area contributed by atoms with E-state index in [1.54, 1.807) is 4.90 Å². The molecular formula is C31H45N9O2. The number of carbonyl (C=O) groups is 2. The lowest BCUT2D eigenvalue weighted by Crippen LogP contribution is -2.52. The van der Waals surface area contributed by atoms with E-state index in [9.17, 15) is 9.59 Å². The Bertz CT molecular complexity index is 1300. The Morgan fingerprint density at radius 2 is 1.79 bits per heavy atom. The van der Waals surface area contributed by atoms with Crippen molar-refractivity contribution in [1.29, 1.82) is 0 Å². The van der Waals surface area contributed by atoms with Crippen molar-refractivity contribution >= 4 is 34.8 Å². The minimum Gasteiger partial charge on any atom is -0.371 e. The maximum absolute atomic E-state index is 12.4. The molecule has 4 N–H and O–H groups in total. The van der Waals surface area contributed by atoms with Crippen LogP contribution in [0.1, 0.15) is 47.9 Å². The minimum absolute atomic E-state index is 0.0303. The fourth-order valence-corrected chi connectivity index (χ4v) is 6.38. The van der Waals surface area contributed by atoms with E-state index in [1.807, 2.05) is 13.0 Å². The van der Waals surface area contributed by atoms with Crippen LogP contribution in [0.2, 0.25) is 0 Å². The number of piperazine rings is 1. The van der Waals surface area contributed by atoms with Gasteiger partial charge in [-0.2, -0.15) is 0 Å². The summed E-state index contributed by atoms with van der Waals surface area (Å²) in [4.78, 5) is 43.1. The highest BCUT2D eigenvalue weighted by molar-refractivity contribution is 5.96. The van der Waals surface area contributed by atoms with Crippen molar-refractivity contribution < 1.29 is 9.59 Å². The van der Waals surface area contributed by atoms with Crippen molar-refractivity contribution in [3.8, 4) is 0 Å². The van der Waals surface area contributed by atoms with Gasteiger partial charge in [0.25, 0.3) is 5.91 Å². The number of hydrogen-bond acceptors (Lipinski definition) is 9. The molecule has 2 amide bonds. The van der Waals surface area contributed by atoms with Crippen molar-refractivity contribution in [3.63, 3.8) is 0 Å². The highest BCUT2D eigenvalue weighted by Gasteiger charge is 2.28. The number of primary amides is 1. The Morgan fingerprint density at radius 3 is 2.43 bits per heavy atom. The quantitative estimate of drug-likeness (QED) is 0.387. The van der Waals surface area contributed by atoms with E-state index >= 15 is 0 Å². The number of benzene rings is 1. The summed E-state index contributed by atoms with van der Waals surface area (Å²) in [5, 5.41) is 6.76. The lowest BCUT2D eigenvalue weighted by Gasteiger charge is -2.43. The number of nitrogens with two attached hydrogens (primary N) is 1. The topological polar surface area (TPSA) is 123 Å². The Balaban J connectivity index is 1.28. The van der Waals surface area contributed by atoms with Crippen LogP contribution < -0.4 is 21.3 Å². The largest absolute Gasteiger partial charge is 0.371 e. The molecule has 5 rings (SSSR count). The summed E-state index contributed by atoms with van der Waals surface area (Å²) in [6, 6.07) is 6.96. The van der Waals surface area contributed by atoms with Crippen LogP contribution in [0.3, 0.4) is 0 Å². The van der Waals surface area contributed by atoms with Crippen LogP contribution in [0.4, 0.5) is 23.0 Å². The standard InChI is InChI=1S/C31H45N9O2/c1-5-25-30(34-23-9-12-40(20-23)27(41)6-2)36-31(28(35-25)29(32)42)33-22-7-8-26(21(3)19-22)39-13-10-24(11-14-39)38-17-15-37(4)16-18-38/h6-8,19,23-24H,2,5,9-18,20H2,1,3-4H3,(H2,32,42)(H2,33,34,36)/t23-/m0/s1. The number of piperidine rings is 1. The van der Waals surface area contributed by atoms with Crippen molar-refractivity contribution in [1.82, 2.24) is 24.7 Å². The number of nitrogens with zero attached hydrogens (tertiary/aromatic N) is 6. The van der Waals surface area contributed by atoms with Crippen molar-refractivity contribution in [2.75, 3.05) is 74.9 Å². The Hall–Kier alpha value is -3.70. The zero-order valence-corrected chi connectivity index (χ0v) is 25.2. The van der Waals surface area contributed by atoms with E-state index < -0.39 is 5.91 Å². The highest BCUT2D eigenvalue weighted by atomic mass is 16.2. The molecule has 0 bridgehead atoms. The molecule has 11 nitrogen and oxygen atoms in total. The Kier molecular flexibility index (Phi) is 9.27. The van der Waals surface area contributed by atoms with Gasteiger partial charge in [-0.05, 0) is 69.5 Å². The summed E-state index contributed by atoms with van der Waals surface area (Å²) in [5.74, 6) is 0.205. The predicted octanol–water partition coefficient (Wildman–Crippen LogP) is 2.60. The van der Waals surface area contributed by atoms with Crippen LogP contribution in [0.25, 0.3) is 0 Å². The van der Waals surface area contributed by atoms with E-state index in [-0.39, 0.29) is 17.6 Å². The van der Waals surface area contributed by atoms with Gasteiger partial charge in [0, 0.05) is 75.8 Å². The molecule has 0 aliphatic carbocycles. The third-order valence-corrected chi connectivity index (χ3v) is 8.87. The molecule has 3 aliphatic heterocycles. The van der Waals surface area contributed by atoms with Crippen LogP contribution in [-0.4, -0.2) is 108 Å². The Morgan fingerprint density at radius 1 is 1.05 bits per heavy atom. The first-order chi connectivity index (χ1) is 20.2. The lowest BCUT2D eigenvalue weighted by molar-refractivity contribution is -0.125. The second-order valence-electron chi connectivity index (χ2n) is 11.7. The zero-order valence-electron chi connectivity index (χ0n) is 25.2. The number of rotatable bonds is 9. The average molecular weight is 576 g/mol. The number of carbonyl (C=O) groups excluding carboxylic acids is 2. The molecule has 0 saturated carbocycles. The van der Waals surface area contributed by atoms with Gasteiger partial charge in [0.2, 0.25) is 5.91 Å². The number of anilines is 4. The zero-order chi connectivity index (χ0) is 29.8. The first-order valence-corrected chi connectivity index (χ1v) is 15.2. The summed E-state index contributed by atoms with van der Waals surface area (Å²) in [7, 11) is 2.21.